The van der Waals surface area contributed by atoms with Crippen LogP contribution in [-0.4, -0.2) is 56.0 Å². The first-order valence-electron chi connectivity index (χ1n) is 8.01. The Hall–Kier alpha value is -3.16. The van der Waals surface area contributed by atoms with E-state index in [1.54, 1.807) is 12.3 Å². The van der Waals surface area contributed by atoms with Crippen molar-refractivity contribution in [2.45, 2.75) is 37.9 Å². The molecule has 1 aliphatic rings. The first-order valence-corrected chi connectivity index (χ1v) is 8.01. The number of aromatic nitrogens is 3. The van der Waals surface area contributed by atoms with Crippen molar-refractivity contribution < 1.29 is 28.9 Å². The van der Waals surface area contributed by atoms with Gasteiger partial charge in [0.25, 0.3) is 0 Å². The van der Waals surface area contributed by atoms with E-state index in [-0.39, 0.29) is 12.4 Å². The van der Waals surface area contributed by atoms with E-state index in [1.807, 2.05) is 0 Å². The van der Waals surface area contributed by atoms with Crippen LogP contribution in [0.2, 0.25) is 0 Å². The highest BCUT2D eigenvalue weighted by Gasteiger charge is 2.58. The van der Waals surface area contributed by atoms with E-state index in [9.17, 15) is 14.7 Å². The normalized spacial score (nSPS) is 27.3. The molecule has 3 N–H and O–H groups in total. The second-order valence-electron chi connectivity index (χ2n) is 6.05. The fraction of sp³-hybridized carbons (Fsp3) is 0.412. The number of carbonyl (C=O) groups is 2. The molecule has 0 spiro atoms. The molecule has 0 bridgehead atoms. The standard InChI is InChI=1S/C17H18N4O6/c1-4-17(24)13(26-10(3)23)12(7-25-9(2)22)27-16(17)21-6-5-11-14(18)19-8-20-15(11)21/h1,5-6,8,12-13,16,24H,7H2,2-3H3,(H2,18,19,20)/t12-,13-,16-,17-/m1/s1. The minimum absolute atomic E-state index is 0.244. The highest BCUT2D eigenvalue weighted by atomic mass is 16.6. The zero-order valence-electron chi connectivity index (χ0n) is 14.7. The van der Waals surface area contributed by atoms with Crippen LogP contribution in [0.4, 0.5) is 5.82 Å². The lowest BCUT2D eigenvalue weighted by Crippen LogP contribution is -2.48. The Morgan fingerprint density at radius 2 is 2.19 bits per heavy atom. The Morgan fingerprint density at radius 1 is 1.44 bits per heavy atom. The molecule has 4 atom stereocenters. The Kier molecular flexibility index (Phi) is 4.73. The van der Waals surface area contributed by atoms with E-state index in [0.29, 0.717) is 11.0 Å². The maximum absolute atomic E-state index is 11.5. The predicted molar refractivity (Wildman–Crippen MR) is 91.8 cm³/mol. The molecule has 0 aliphatic carbocycles. The Labute approximate surface area is 154 Å². The lowest BCUT2D eigenvalue weighted by molar-refractivity contribution is -0.159. The average Bonchev–Trinajstić information content (AvgIpc) is 3.14. The van der Waals surface area contributed by atoms with Crippen LogP contribution in [-0.2, 0) is 23.8 Å². The maximum atomic E-state index is 11.5. The van der Waals surface area contributed by atoms with Crippen molar-refractivity contribution in [1.82, 2.24) is 14.5 Å². The lowest BCUT2D eigenvalue weighted by atomic mass is 9.94. The van der Waals surface area contributed by atoms with Gasteiger partial charge in [-0.15, -0.1) is 6.42 Å². The van der Waals surface area contributed by atoms with Crippen LogP contribution in [0.15, 0.2) is 18.6 Å². The van der Waals surface area contributed by atoms with Crippen LogP contribution in [0.1, 0.15) is 20.1 Å². The highest BCUT2D eigenvalue weighted by molar-refractivity contribution is 5.86. The predicted octanol–water partition coefficient (Wildman–Crippen LogP) is -0.230. The number of carbonyl (C=O) groups excluding carboxylic acids is 2. The maximum Gasteiger partial charge on any atom is 0.303 e. The minimum atomic E-state index is -2.04. The quantitative estimate of drug-likeness (QED) is 0.549. The fourth-order valence-corrected chi connectivity index (χ4v) is 3.05. The van der Waals surface area contributed by atoms with Crippen molar-refractivity contribution in [3.63, 3.8) is 0 Å². The van der Waals surface area contributed by atoms with E-state index in [1.165, 1.54) is 24.7 Å². The summed E-state index contributed by atoms with van der Waals surface area (Å²) >= 11 is 0. The largest absolute Gasteiger partial charge is 0.463 e. The van der Waals surface area contributed by atoms with Crippen LogP contribution < -0.4 is 5.73 Å². The van der Waals surface area contributed by atoms with Crippen LogP contribution >= 0.6 is 0 Å². The molecule has 0 saturated carbocycles. The Balaban J connectivity index is 2.05. The molecule has 0 aromatic carbocycles. The molecule has 3 rings (SSSR count). The Morgan fingerprint density at radius 3 is 2.81 bits per heavy atom. The number of nitrogens with two attached hydrogens (primary N) is 1. The van der Waals surface area contributed by atoms with E-state index in [2.05, 4.69) is 15.9 Å². The van der Waals surface area contributed by atoms with Gasteiger partial charge >= 0.3 is 11.9 Å². The van der Waals surface area contributed by atoms with Gasteiger partial charge in [0.2, 0.25) is 5.60 Å². The molecule has 2 aromatic heterocycles. The van der Waals surface area contributed by atoms with Crippen LogP contribution in [0, 0.1) is 12.3 Å². The zero-order chi connectivity index (χ0) is 19.8. The number of nitrogens with zero attached hydrogens (tertiary/aromatic N) is 3. The molecule has 1 saturated heterocycles. The molecule has 0 unspecified atom stereocenters. The summed E-state index contributed by atoms with van der Waals surface area (Å²) in [5, 5.41) is 11.7. The number of fused-ring (bicyclic) bond motifs is 1. The fourth-order valence-electron chi connectivity index (χ4n) is 3.05. The third kappa shape index (κ3) is 3.18. The molecule has 142 valence electrons. The summed E-state index contributed by atoms with van der Waals surface area (Å²) in [6.07, 6.45) is 4.99. The number of aliphatic hydroxyl groups is 1. The van der Waals surface area contributed by atoms with Gasteiger partial charge in [0.05, 0.1) is 5.39 Å². The van der Waals surface area contributed by atoms with Crippen molar-refractivity contribution >= 4 is 28.8 Å². The van der Waals surface area contributed by atoms with Crippen LogP contribution in [0.5, 0.6) is 0 Å². The molecule has 2 aromatic rings. The zero-order valence-corrected chi connectivity index (χ0v) is 14.7. The van der Waals surface area contributed by atoms with Gasteiger partial charge in [-0.25, -0.2) is 9.97 Å². The Bertz CT molecular complexity index is 935. The van der Waals surface area contributed by atoms with Crippen LogP contribution in [0.25, 0.3) is 11.0 Å². The molecule has 3 heterocycles. The third-order valence-electron chi connectivity index (χ3n) is 4.22. The van der Waals surface area contributed by atoms with E-state index >= 15 is 0 Å². The molecular weight excluding hydrogens is 356 g/mol. The number of terminal acetylenes is 1. The average molecular weight is 374 g/mol. The molecule has 1 aliphatic heterocycles. The van der Waals surface area contributed by atoms with Gasteiger partial charge in [0, 0.05) is 20.0 Å². The molecule has 27 heavy (non-hydrogen) atoms. The van der Waals surface area contributed by atoms with E-state index in [4.69, 9.17) is 26.4 Å². The monoisotopic (exact) mass is 374 g/mol. The number of anilines is 1. The number of nitrogen functional groups attached to an aromatic ring is 1. The van der Waals surface area contributed by atoms with E-state index in [0.717, 1.165) is 0 Å². The van der Waals surface area contributed by atoms with Gasteiger partial charge < -0.3 is 29.6 Å². The molecular formula is C17H18N4O6. The van der Waals surface area contributed by atoms with Gasteiger partial charge in [-0.05, 0) is 6.07 Å². The van der Waals surface area contributed by atoms with Gasteiger partial charge in [-0.1, -0.05) is 5.92 Å². The van der Waals surface area contributed by atoms with E-state index < -0.39 is 36.0 Å². The molecule has 0 amide bonds. The van der Waals surface area contributed by atoms with Gasteiger partial charge in [-0.2, -0.15) is 0 Å². The first kappa shape index (κ1) is 18.6. The summed E-state index contributed by atoms with van der Waals surface area (Å²) < 4.78 is 17.5. The summed E-state index contributed by atoms with van der Waals surface area (Å²) in [6, 6.07) is 1.64. The topological polar surface area (TPSA) is 139 Å². The van der Waals surface area contributed by atoms with Gasteiger partial charge in [0.1, 0.15) is 30.5 Å². The number of esters is 2. The highest BCUT2D eigenvalue weighted by Crippen LogP contribution is 2.41. The second kappa shape index (κ2) is 6.86. The van der Waals surface area contributed by atoms with Crippen LogP contribution in [0.3, 0.4) is 0 Å². The molecule has 0 radical (unpaired) electrons. The third-order valence-corrected chi connectivity index (χ3v) is 4.22. The van der Waals surface area contributed by atoms with Crippen molar-refractivity contribution in [2.24, 2.45) is 0 Å². The molecule has 10 nitrogen and oxygen atoms in total. The smallest absolute Gasteiger partial charge is 0.303 e. The molecule has 1 fully saturated rings. The SMILES string of the molecule is C#C[C@@]1(O)[C@H](OC(C)=O)[C@@H](COC(C)=O)O[C@H]1n1ccc2c(N)ncnc21. The molecule has 10 heteroatoms. The summed E-state index contributed by atoms with van der Waals surface area (Å²) in [5.41, 5.74) is 4.17. The van der Waals surface area contributed by atoms with Gasteiger partial charge in [0.15, 0.2) is 12.3 Å². The second-order valence-corrected chi connectivity index (χ2v) is 6.05. The number of ether oxygens (including phenoxy) is 3. The summed E-state index contributed by atoms with van der Waals surface area (Å²) in [7, 11) is 0. The number of hydrogen-bond acceptors (Lipinski definition) is 9. The van der Waals surface area contributed by atoms with Crippen molar-refractivity contribution in [3.8, 4) is 12.3 Å². The number of rotatable bonds is 4. The lowest BCUT2D eigenvalue weighted by Gasteiger charge is -2.28. The minimum Gasteiger partial charge on any atom is -0.463 e. The summed E-state index contributed by atoms with van der Waals surface area (Å²) in [4.78, 5) is 30.7. The van der Waals surface area contributed by atoms with Crippen molar-refractivity contribution in [2.75, 3.05) is 12.3 Å². The number of hydrogen-bond donors (Lipinski definition) is 2. The summed E-state index contributed by atoms with van der Waals surface area (Å²) in [5.74, 6) is 1.27. The first-order chi connectivity index (χ1) is 12.8. The van der Waals surface area contributed by atoms with Gasteiger partial charge in [-0.3, -0.25) is 9.59 Å². The summed E-state index contributed by atoms with van der Waals surface area (Å²) in [6.45, 7) is 2.13. The van der Waals surface area contributed by atoms with Crippen molar-refractivity contribution in [1.29, 1.82) is 0 Å². The van der Waals surface area contributed by atoms with Crippen molar-refractivity contribution in [3.05, 3.63) is 18.6 Å².